The molecule has 0 radical (unpaired) electrons. The molecule has 0 aromatic heterocycles. The van der Waals surface area contributed by atoms with Crippen LogP contribution in [0.25, 0.3) is 0 Å². The van der Waals surface area contributed by atoms with E-state index in [-0.39, 0.29) is 0 Å². The van der Waals surface area contributed by atoms with Crippen molar-refractivity contribution in [3.8, 4) is 5.75 Å². The van der Waals surface area contributed by atoms with Gasteiger partial charge in [-0.1, -0.05) is 12.1 Å². The monoisotopic (exact) mass is 236 g/mol. The first-order chi connectivity index (χ1) is 8.04. The van der Waals surface area contributed by atoms with Crippen molar-refractivity contribution in [3.63, 3.8) is 0 Å². The van der Waals surface area contributed by atoms with E-state index in [9.17, 15) is 9.59 Å². The third-order valence-corrected chi connectivity index (χ3v) is 2.21. The van der Waals surface area contributed by atoms with Crippen LogP contribution in [0.2, 0.25) is 0 Å². The molecule has 0 heterocycles. The number of carbonyl (C=O) groups is 2. The molecule has 17 heavy (non-hydrogen) atoms. The van der Waals surface area contributed by atoms with Gasteiger partial charge in [0.2, 0.25) is 0 Å². The van der Waals surface area contributed by atoms with Gasteiger partial charge in [-0.05, 0) is 24.6 Å². The molecule has 0 aliphatic rings. The van der Waals surface area contributed by atoms with Crippen molar-refractivity contribution in [3.05, 3.63) is 29.8 Å². The predicted molar refractivity (Wildman–Crippen MR) is 63.3 cm³/mol. The average Bonchev–Trinajstić information content (AvgIpc) is 2.30. The summed E-state index contributed by atoms with van der Waals surface area (Å²) in [4.78, 5) is 23.2. The molecule has 2 amide bonds. The summed E-state index contributed by atoms with van der Waals surface area (Å²) in [7, 11) is 1.53. The Morgan fingerprint density at radius 1 is 1.29 bits per heavy atom. The summed E-state index contributed by atoms with van der Waals surface area (Å²) in [5, 5.41) is 0. The van der Waals surface area contributed by atoms with Gasteiger partial charge in [0.1, 0.15) is 5.75 Å². The van der Waals surface area contributed by atoms with Gasteiger partial charge < -0.3 is 15.4 Å². The predicted octanol–water partition coefficient (Wildman–Crippen LogP) is 0.529. The highest BCUT2D eigenvalue weighted by Gasteiger charge is 2.14. The van der Waals surface area contributed by atoms with Crippen molar-refractivity contribution < 1.29 is 14.3 Å². The summed E-state index contributed by atoms with van der Waals surface area (Å²) >= 11 is 0. The van der Waals surface area contributed by atoms with Crippen LogP contribution >= 0.6 is 0 Å². The van der Waals surface area contributed by atoms with E-state index < -0.39 is 11.8 Å². The highest BCUT2D eigenvalue weighted by atomic mass is 16.5. The molecule has 0 spiro atoms. The Bertz CT molecular complexity index is 401. The number of nitrogens with zero attached hydrogens (tertiary/aromatic N) is 1. The van der Waals surface area contributed by atoms with Gasteiger partial charge in [-0.25, -0.2) is 0 Å². The first-order valence-electron chi connectivity index (χ1n) is 5.31. The van der Waals surface area contributed by atoms with E-state index in [1.165, 1.54) is 11.9 Å². The maximum absolute atomic E-state index is 11.2. The molecular weight excluding hydrogens is 220 g/mol. The normalized spacial score (nSPS) is 9.76. The van der Waals surface area contributed by atoms with E-state index >= 15 is 0 Å². The molecule has 0 unspecified atom stereocenters. The molecule has 92 valence electrons. The molecule has 0 aliphatic carbocycles. The number of hydrogen-bond donors (Lipinski definition) is 1. The number of hydrogen-bond acceptors (Lipinski definition) is 3. The third kappa shape index (κ3) is 3.79. The maximum Gasteiger partial charge on any atom is 0.311 e. The highest BCUT2D eigenvalue weighted by Crippen LogP contribution is 2.13. The van der Waals surface area contributed by atoms with Crippen molar-refractivity contribution in [2.45, 2.75) is 13.5 Å². The minimum absolute atomic E-state index is 0.341. The second-order valence-electron chi connectivity index (χ2n) is 3.60. The SMILES string of the molecule is CCOc1ccc(CN(C)C(=O)C(N)=O)cc1. The highest BCUT2D eigenvalue weighted by molar-refractivity contribution is 6.34. The van der Waals surface area contributed by atoms with Crippen molar-refractivity contribution in [1.29, 1.82) is 0 Å². The lowest BCUT2D eigenvalue weighted by Gasteiger charge is -2.15. The molecule has 5 heteroatoms. The number of amides is 2. The van der Waals surface area contributed by atoms with E-state index in [4.69, 9.17) is 10.5 Å². The van der Waals surface area contributed by atoms with E-state index in [2.05, 4.69) is 0 Å². The largest absolute Gasteiger partial charge is 0.494 e. The first-order valence-corrected chi connectivity index (χ1v) is 5.31. The van der Waals surface area contributed by atoms with Gasteiger partial charge in [0.25, 0.3) is 0 Å². The lowest BCUT2D eigenvalue weighted by atomic mass is 10.2. The molecule has 2 N–H and O–H groups in total. The second kappa shape index (κ2) is 5.89. The van der Waals surface area contributed by atoms with Crippen LogP contribution in [0.1, 0.15) is 12.5 Å². The van der Waals surface area contributed by atoms with Gasteiger partial charge in [0.15, 0.2) is 0 Å². The van der Waals surface area contributed by atoms with Crippen molar-refractivity contribution in [2.24, 2.45) is 5.73 Å². The van der Waals surface area contributed by atoms with Gasteiger partial charge in [-0.15, -0.1) is 0 Å². The van der Waals surface area contributed by atoms with Crippen molar-refractivity contribution in [2.75, 3.05) is 13.7 Å². The zero-order chi connectivity index (χ0) is 12.8. The molecule has 0 saturated heterocycles. The van der Waals surface area contributed by atoms with Gasteiger partial charge >= 0.3 is 11.8 Å². The lowest BCUT2D eigenvalue weighted by Crippen LogP contribution is -2.37. The Labute approximate surface area is 100 Å². The topological polar surface area (TPSA) is 72.6 Å². The molecule has 0 atom stereocenters. The van der Waals surface area contributed by atoms with E-state index in [0.29, 0.717) is 13.2 Å². The third-order valence-electron chi connectivity index (χ3n) is 2.21. The van der Waals surface area contributed by atoms with E-state index in [1.54, 1.807) is 0 Å². The van der Waals surface area contributed by atoms with E-state index in [0.717, 1.165) is 11.3 Å². The summed E-state index contributed by atoms with van der Waals surface area (Å²) in [6.07, 6.45) is 0. The number of primary amides is 1. The molecular formula is C12H16N2O3. The van der Waals surface area contributed by atoms with Gasteiger partial charge in [-0.3, -0.25) is 9.59 Å². The Morgan fingerprint density at radius 2 is 1.88 bits per heavy atom. The van der Waals surface area contributed by atoms with Crippen molar-refractivity contribution >= 4 is 11.8 Å². The number of carbonyl (C=O) groups excluding carboxylic acids is 2. The smallest absolute Gasteiger partial charge is 0.311 e. The maximum atomic E-state index is 11.2. The lowest BCUT2D eigenvalue weighted by molar-refractivity contribution is -0.143. The molecule has 1 rings (SSSR count). The van der Waals surface area contributed by atoms with Crippen LogP contribution < -0.4 is 10.5 Å². The van der Waals surface area contributed by atoms with Crippen LogP contribution in [0.3, 0.4) is 0 Å². The summed E-state index contributed by atoms with van der Waals surface area (Å²) in [6, 6.07) is 7.33. The summed E-state index contributed by atoms with van der Waals surface area (Å²) in [6.45, 7) is 2.86. The van der Waals surface area contributed by atoms with Crippen LogP contribution in [-0.4, -0.2) is 30.4 Å². The van der Waals surface area contributed by atoms with Crippen LogP contribution in [0.5, 0.6) is 5.75 Å². The summed E-state index contributed by atoms with van der Waals surface area (Å²) in [5.41, 5.74) is 5.81. The standard InChI is InChI=1S/C12H16N2O3/c1-3-17-10-6-4-9(5-7-10)8-14(2)12(16)11(13)15/h4-7H,3,8H2,1-2H3,(H2,13,15). The second-order valence-corrected chi connectivity index (χ2v) is 3.60. The molecule has 1 aromatic rings. The Hall–Kier alpha value is -2.04. The minimum atomic E-state index is -0.946. The molecule has 0 aliphatic heterocycles. The molecule has 0 fully saturated rings. The minimum Gasteiger partial charge on any atom is -0.494 e. The molecule has 5 nitrogen and oxygen atoms in total. The zero-order valence-corrected chi connectivity index (χ0v) is 9.97. The van der Waals surface area contributed by atoms with E-state index in [1.807, 2.05) is 31.2 Å². The number of likely N-dealkylation sites (N-methyl/N-ethyl adjacent to an activating group) is 1. The Balaban J connectivity index is 2.63. The van der Waals surface area contributed by atoms with Gasteiger partial charge in [-0.2, -0.15) is 0 Å². The van der Waals surface area contributed by atoms with Crippen LogP contribution in [0.4, 0.5) is 0 Å². The Kier molecular flexibility index (Phi) is 4.51. The number of rotatable bonds is 4. The van der Waals surface area contributed by atoms with Gasteiger partial charge in [0.05, 0.1) is 6.61 Å². The van der Waals surface area contributed by atoms with Crippen molar-refractivity contribution in [1.82, 2.24) is 4.90 Å². The zero-order valence-electron chi connectivity index (χ0n) is 9.97. The number of nitrogens with two attached hydrogens (primary N) is 1. The van der Waals surface area contributed by atoms with Gasteiger partial charge in [0, 0.05) is 13.6 Å². The summed E-state index contributed by atoms with van der Waals surface area (Å²) < 4.78 is 5.30. The molecule has 1 aromatic carbocycles. The fraction of sp³-hybridized carbons (Fsp3) is 0.333. The fourth-order valence-corrected chi connectivity index (χ4v) is 1.39. The average molecular weight is 236 g/mol. The first kappa shape index (κ1) is 13.0. The summed E-state index contributed by atoms with van der Waals surface area (Å²) in [5.74, 6) is -0.863. The number of ether oxygens (including phenoxy) is 1. The molecule has 0 saturated carbocycles. The van der Waals surface area contributed by atoms with Crippen LogP contribution in [-0.2, 0) is 16.1 Å². The Morgan fingerprint density at radius 3 is 2.35 bits per heavy atom. The van der Waals surface area contributed by atoms with Crippen LogP contribution in [0.15, 0.2) is 24.3 Å². The quantitative estimate of drug-likeness (QED) is 0.775. The van der Waals surface area contributed by atoms with Crippen LogP contribution in [0, 0.1) is 0 Å². The molecule has 0 bridgehead atoms. The fourth-order valence-electron chi connectivity index (χ4n) is 1.39. The number of benzene rings is 1.